The molecule has 0 saturated carbocycles. The zero-order chi connectivity index (χ0) is 19.6. The van der Waals surface area contributed by atoms with Gasteiger partial charge in [-0.2, -0.15) is 0 Å². The topological polar surface area (TPSA) is 91.1 Å². The van der Waals surface area contributed by atoms with Crippen molar-refractivity contribution in [1.29, 1.82) is 0 Å². The Balaban J connectivity index is 1.95. The van der Waals surface area contributed by atoms with E-state index in [1.54, 1.807) is 0 Å². The van der Waals surface area contributed by atoms with E-state index in [2.05, 4.69) is 10.3 Å². The van der Waals surface area contributed by atoms with Gasteiger partial charge in [-0.05, 0) is 37.1 Å². The minimum Gasteiger partial charge on any atom is -0.388 e. The second kappa shape index (κ2) is 7.72. The Bertz CT molecular complexity index is 946. The van der Waals surface area contributed by atoms with Crippen molar-refractivity contribution >= 4 is 28.4 Å². The van der Waals surface area contributed by atoms with E-state index in [9.17, 15) is 9.90 Å². The van der Waals surface area contributed by atoms with Crippen LogP contribution in [0.2, 0.25) is 5.02 Å². The van der Waals surface area contributed by atoms with Crippen LogP contribution in [0, 0.1) is 0 Å². The summed E-state index contributed by atoms with van der Waals surface area (Å²) in [7, 11) is 0. The van der Waals surface area contributed by atoms with Gasteiger partial charge in [0.2, 0.25) is 5.91 Å². The van der Waals surface area contributed by atoms with Crippen LogP contribution in [0.3, 0.4) is 0 Å². The number of nitrogens with two attached hydrogens (primary N) is 1. The molecule has 2 aromatic carbocycles. The summed E-state index contributed by atoms with van der Waals surface area (Å²) in [6.07, 6.45) is 1.95. The molecule has 3 aromatic rings. The van der Waals surface area contributed by atoms with E-state index in [0.717, 1.165) is 22.0 Å². The number of aromatic amines is 1. The van der Waals surface area contributed by atoms with Crippen LogP contribution in [0.4, 0.5) is 0 Å². The van der Waals surface area contributed by atoms with Gasteiger partial charge < -0.3 is 21.1 Å². The van der Waals surface area contributed by atoms with Gasteiger partial charge >= 0.3 is 0 Å². The molecule has 3 rings (SSSR count). The number of fused-ring (bicyclic) bond motifs is 1. The number of carbonyl (C=O) groups excluding carboxylic acids is 1. The van der Waals surface area contributed by atoms with Gasteiger partial charge in [-0.25, -0.2) is 0 Å². The lowest BCUT2D eigenvalue weighted by atomic mass is 9.90. The quantitative estimate of drug-likeness (QED) is 0.525. The monoisotopic (exact) mass is 385 g/mol. The molecule has 1 amide bonds. The summed E-state index contributed by atoms with van der Waals surface area (Å²) in [6.45, 7) is 3.35. The lowest BCUT2D eigenvalue weighted by Crippen LogP contribution is -2.54. The summed E-state index contributed by atoms with van der Waals surface area (Å²) in [5.74, 6) is -0.563. The average molecular weight is 386 g/mol. The smallest absolute Gasteiger partial charge is 0.239 e. The first-order valence-corrected chi connectivity index (χ1v) is 9.23. The summed E-state index contributed by atoms with van der Waals surface area (Å²) in [4.78, 5) is 15.7. The average Bonchev–Trinajstić information content (AvgIpc) is 3.06. The van der Waals surface area contributed by atoms with Gasteiger partial charge in [0.1, 0.15) is 6.04 Å². The third kappa shape index (κ3) is 4.16. The summed E-state index contributed by atoms with van der Waals surface area (Å²) < 4.78 is 0. The van der Waals surface area contributed by atoms with Crippen molar-refractivity contribution in [3.05, 3.63) is 70.9 Å². The van der Waals surface area contributed by atoms with E-state index >= 15 is 0 Å². The fourth-order valence-electron chi connectivity index (χ4n) is 3.16. The highest BCUT2D eigenvalue weighted by Crippen LogP contribution is 2.34. The molecule has 0 bridgehead atoms. The predicted octanol–water partition coefficient (Wildman–Crippen LogP) is 3.17. The molecule has 6 heteroatoms. The van der Waals surface area contributed by atoms with Crippen molar-refractivity contribution in [2.45, 2.75) is 31.4 Å². The molecule has 1 aromatic heterocycles. The van der Waals surface area contributed by atoms with Gasteiger partial charge in [0.15, 0.2) is 0 Å². The molecule has 0 aliphatic rings. The number of hydrogen-bond donors (Lipinski definition) is 4. The summed E-state index contributed by atoms with van der Waals surface area (Å²) >= 11 is 6.45. The second-order valence-corrected chi connectivity index (χ2v) is 7.65. The molecule has 5 nitrogen and oxygen atoms in total. The third-order valence-electron chi connectivity index (χ3n) is 4.80. The molecule has 1 heterocycles. The lowest BCUT2D eigenvalue weighted by molar-refractivity contribution is -0.127. The maximum atomic E-state index is 12.4. The molecule has 1 unspecified atom stereocenters. The predicted molar refractivity (Wildman–Crippen MR) is 109 cm³/mol. The number of halogens is 1. The highest BCUT2D eigenvalue weighted by Gasteiger charge is 2.30. The number of nitrogens with one attached hydrogen (secondary N) is 2. The van der Waals surface area contributed by atoms with Gasteiger partial charge in [-0.3, -0.25) is 4.79 Å². The van der Waals surface area contributed by atoms with E-state index in [0.29, 0.717) is 11.6 Å². The maximum absolute atomic E-state index is 12.4. The van der Waals surface area contributed by atoms with Gasteiger partial charge in [0, 0.05) is 34.6 Å². The zero-order valence-corrected chi connectivity index (χ0v) is 16.1. The number of carbonyl (C=O) groups is 1. The van der Waals surface area contributed by atoms with E-state index in [1.165, 1.54) is 13.8 Å². The van der Waals surface area contributed by atoms with E-state index < -0.39 is 17.6 Å². The van der Waals surface area contributed by atoms with Crippen molar-refractivity contribution in [2.75, 3.05) is 6.54 Å². The number of aliphatic hydroxyl groups is 1. The SMILES string of the molecule is CC(C)(O)[C@H](N)C(=O)NCC(c1ccccc1Cl)c1c[nH]c2ccccc12. The maximum Gasteiger partial charge on any atom is 0.239 e. The molecule has 5 N–H and O–H groups in total. The standard InChI is InChI=1S/C21H24ClN3O2/c1-21(2,27)19(23)20(26)25-12-15(13-7-3-5-9-17(13)22)16-11-24-18-10-6-4-8-14(16)18/h3-11,15,19,24,27H,12,23H2,1-2H3,(H,25,26)/t15?,19-/m1/s1. The van der Waals surface area contributed by atoms with Crippen molar-refractivity contribution in [3.63, 3.8) is 0 Å². The molecule has 2 atom stereocenters. The van der Waals surface area contributed by atoms with Gasteiger partial charge in [-0.15, -0.1) is 0 Å². The lowest BCUT2D eigenvalue weighted by Gasteiger charge is -2.26. The van der Waals surface area contributed by atoms with Gasteiger partial charge in [0.05, 0.1) is 5.60 Å². The minimum absolute atomic E-state index is 0.159. The molecule has 0 fully saturated rings. The van der Waals surface area contributed by atoms with Crippen LogP contribution >= 0.6 is 11.6 Å². The van der Waals surface area contributed by atoms with Crippen molar-refractivity contribution in [2.24, 2.45) is 5.73 Å². The highest BCUT2D eigenvalue weighted by molar-refractivity contribution is 6.31. The first-order chi connectivity index (χ1) is 12.8. The highest BCUT2D eigenvalue weighted by atomic mass is 35.5. The van der Waals surface area contributed by atoms with E-state index in [-0.39, 0.29) is 5.92 Å². The van der Waals surface area contributed by atoms with Crippen LogP contribution in [0.5, 0.6) is 0 Å². The molecular weight excluding hydrogens is 362 g/mol. The largest absolute Gasteiger partial charge is 0.388 e. The molecular formula is C21H24ClN3O2. The molecule has 142 valence electrons. The molecule has 0 aliphatic heterocycles. The Labute approximate surface area is 163 Å². The molecule has 0 aliphatic carbocycles. The summed E-state index contributed by atoms with van der Waals surface area (Å²) in [6, 6.07) is 14.6. The number of aromatic nitrogens is 1. The van der Waals surface area contributed by atoms with Crippen LogP contribution in [0.15, 0.2) is 54.7 Å². The molecule has 0 spiro atoms. The van der Waals surface area contributed by atoms with Crippen LogP contribution in [-0.4, -0.2) is 34.2 Å². The Morgan fingerprint density at radius 1 is 1.19 bits per heavy atom. The Morgan fingerprint density at radius 2 is 1.85 bits per heavy atom. The zero-order valence-electron chi connectivity index (χ0n) is 15.4. The normalized spacial score (nSPS) is 14.1. The number of para-hydroxylation sites is 1. The summed E-state index contributed by atoms with van der Waals surface area (Å²) in [5, 5.41) is 14.6. The number of rotatable bonds is 6. The first kappa shape index (κ1) is 19.4. The fourth-order valence-corrected chi connectivity index (χ4v) is 3.43. The third-order valence-corrected chi connectivity index (χ3v) is 5.15. The van der Waals surface area contributed by atoms with Crippen molar-refractivity contribution < 1.29 is 9.90 Å². The molecule has 27 heavy (non-hydrogen) atoms. The Hall–Kier alpha value is -2.34. The first-order valence-electron chi connectivity index (χ1n) is 8.85. The molecule has 0 radical (unpaired) electrons. The van der Waals surface area contributed by atoms with Crippen molar-refractivity contribution in [1.82, 2.24) is 10.3 Å². The van der Waals surface area contributed by atoms with Gasteiger partial charge in [-0.1, -0.05) is 48.0 Å². The summed E-state index contributed by atoms with van der Waals surface area (Å²) in [5.41, 5.74) is 7.54. The van der Waals surface area contributed by atoms with Crippen LogP contribution in [0.1, 0.15) is 30.9 Å². The van der Waals surface area contributed by atoms with E-state index in [1.807, 2.05) is 54.7 Å². The number of benzene rings is 2. The minimum atomic E-state index is -1.30. The Morgan fingerprint density at radius 3 is 2.56 bits per heavy atom. The molecule has 0 saturated heterocycles. The van der Waals surface area contributed by atoms with Gasteiger partial charge in [0.25, 0.3) is 0 Å². The number of amides is 1. The second-order valence-electron chi connectivity index (χ2n) is 7.24. The van der Waals surface area contributed by atoms with Crippen LogP contribution in [0.25, 0.3) is 10.9 Å². The Kier molecular flexibility index (Phi) is 5.56. The fraction of sp³-hybridized carbons (Fsp3) is 0.286. The van der Waals surface area contributed by atoms with Crippen LogP contribution in [-0.2, 0) is 4.79 Å². The number of H-pyrrole nitrogens is 1. The van der Waals surface area contributed by atoms with Crippen molar-refractivity contribution in [3.8, 4) is 0 Å². The number of hydrogen-bond acceptors (Lipinski definition) is 3. The van der Waals surface area contributed by atoms with E-state index in [4.69, 9.17) is 17.3 Å². The van der Waals surface area contributed by atoms with Crippen LogP contribution < -0.4 is 11.1 Å².